The molecule has 0 fully saturated rings. The van der Waals surface area contributed by atoms with E-state index in [1.807, 2.05) is 67.6 Å². The first-order valence-corrected chi connectivity index (χ1v) is 9.93. The van der Waals surface area contributed by atoms with Gasteiger partial charge in [0.15, 0.2) is 6.10 Å². The van der Waals surface area contributed by atoms with E-state index in [2.05, 4.69) is 5.32 Å². The van der Waals surface area contributed by atoms with Crippen LogP contribution in [0.5, 0.6) is 5.75 Å². The summed E-state index contributed by atoms with van der Waals surface area (Å²) in [5.74, 6) is -0.545. The lowest BCUT2D eigenvalue weighted by Crippen LogP contribution is -2.38. The molecule has 0 aliphatic rings. The van der Waals surface area contributed by atoms with Crippen LogP contribution in [0.15, 0.2) is 84.9 Å². The molecule has 0 radical (unpaired) electrons. The van der Waals surface area contributed by atoms with Crippen molar-refractivity contribution in [2.75, 3.05) is 6.61 Å². The van der Waals surface area contributed by atoms with Gasteiger partial charge in [-0.1, -0.05) is 72.8 Å². The number of benzene rings is 3. The van der Waals surface area contributed by atoms with Crippen molar-refractivity contribution in [2.45, 2.75) is 26.0 Å². The highest BCUT2D eigenvalue weighted by molar-refractivity contribution is 5.94. The highest BCUT2D eigenvalue weighted by atomic mass is 16.5. The van der Waals surface area contributed by atoms with Gasteiger partial charge in [0, 0.05) is 0 Å². The smallest absolute Gasteiger partial charge is 0.342 e. The Hall–Kier alpha value is -3.60. The lowest BCUT2D eigenvalue weighted by molar-refractivity contribution is -0.129. The second-order valence-corrected chi connectivity index (χ2v) is 6.74. The van der Waals surface area contributed by atoms with Gasteiger partial charge in [0.05, 0.1) is 12.6 Å². The van der Waals surface area contributed by atoms with Crippen LogP contribution in [0.25, 0.3) is 0 Å². The van der Waals surface area contributed by atoms with Gasteiger partial charge in [0.1, 0.15) is 11.3 Å². The number of rotatable bonds is 8. The Morgan fingerprint density at radius 3 is 1.93 bits per heavy atom. The van der Waals surface area contributed by atoms with Gasteiger partial charge < -0.3 is 14.8 Å². The zero-order valence-corrected chi connectivity index (χ0v) is 17.1. The van der Waals surface area contributed by atoms with E-state index in [1.165, 1.54) is 0 Å². The van der Waals surface area contributed by atoms with Crippen molar-refractivity contribution in [2.24, 2.45) is 0 Å². The minimum Gasteiger partial charge on any atom is -0.493 e. The molecule has 5 nitrogen and oxygen atoms in total. The van der Waals surface area contributed by atoms with E-state index < -0.39 is 12.1 Å². The first-order chi connectivity index (χ1) is 14.6. The SMILES string of the molecule is CCOc1ccccc1C(=O)O[C@H](C)C(=O)NC(c1ccccc1)c1ccccc1. The molecule has 0 saturated heterocycles. The molecule has 0 unspecified atom stereocenters. The molecule has 0 spiro atoms. The zero-order chi connectivity index (χ0) is 21.3. The Morgan fingerprint density at radius 1 is 0.833 bits per heavy atom. The fourth-order valence-corrected chi connectivity index (χ4v) is 3.10. The van der Waals surface area contributed by atoms with Gasteiger partial charge in [-0.2, -0.15) is 0 Å². The summed E-state index contributed by atoms with van der Waals surface area (Å²) in [4.78, 5) is 25.5. The van der Waals surface area contributed by atoms with Gasteiger partial charge in [-0.3, -0.25) is 4.79 Å². The molecule has 0 aliphatic heterocycles. The van der Waals surface area contributed by atoms with Crippen molar-refractivity contribution >= 4 is 11.9 Å². The molecule has 3 aromatic carbocycles. The number of carbonyl (C=O) groups excluding carboxylic acids is 2. The number of hydrogen-bond donors (Lipinski definition) is 1. The maximum absolute atomic E-state index is 12.9. The first-order valence-electron chi connectivity index (χ1n) is 9.93. The number of ether oxygens (including phenoxy) is 2. The lowest BCUT2D eigenvalue weighted by atomic mass is 9.98. The molecule has 0 aliphatic carbocycles. The largest absolute Gasteiger partial charge is 0.493 e. The van der Waals surface area contributed by atoms with Crippen LogP contribution in [-0.2, 0) is 9.53 Å². The highest BCUT2D eigenvalue weighted by Gasteiger charge is 2.24. The molecular weight excluding hydrogens is 378 g/mol. The number of hydrogen-bond acceptors (Lipinski definition) is 4. The summed E-state index contributed by atoms with van der Waals surface area (Å²) in [7, 11) is 0. The topological polar surface area (TPSA) is 64.6 Å². The van der Waals surface area contributed by atoms with Crippen molar-refractivity contribution in [3.63, 3.8) is 0 Å². The van der Waals surface area contributed by atoms with Gasteiger partial charge in [0.2, 0.25) is 0 Å². The molecule has 3 rings (SSSR count). The predicted octanol–water partition coefficient (Wildman–Crippen LogP) is 4.54. The van der Waals surface area contributed by atoms with Crippen LogP contribution in [0.4, 0.5) is 0 Å². The zero-order valence-electron chi connectivity index (χ0n) is 17.1. The van der Waals surface area contributed by atoms with Gasteiger partial charge >= 0.3 is 5.97 Å². The normalized spacial score (nSPS) is 11.6. The summed E-state index contributed by atoms with van der Waals surface area (Å²) in [6.07, 6.45) is -0.970. The lowest BCUT2D eigenvalue weighted by Gasteiger charge is -2.22. The van der Waals surface area contributed by atoms with Crippen LogP contribution in [0.2, 0.25) is 0 Å². The highest BCUT2D eigenvalue weighted by Crippen LogP contribution is 2.23. The fourth-order valence-electron chi connectivity index (χ4n) is 3.10. The number of esters is 1. The molecule has 0 heterocycles. The van der Waals surface area contributed by atoms with E-state index in [9.17, 15) is 9.59 Å². The Kier molecular flexibility index (Phi) is 7.22. The summed E-state index contributed by atoms with van der Waals surface area (Å²) in [6, 6.07) is 25.8. The van der Waals surface area contributed by atoms with Gasteiger partial charge in [-0.05, 0) is 37.1 Å². The minimum absolute atomic E-state index is 0.293. The van der Waals surface area contributed by atoms with Crippen molar-refractivity contribution in [3.8, 4) is 5.75 Å². The Morgan fingerprint density at radius 2 is 1.37 bits per heavy atom. The van der Waals surface area contributed by atoms with E-state index in [4.69, 9.17) is 9.47 Å². The van der Waals surface area contributed by atoms with E-state index in [0.29, 0.717) is 17.9 Å². The van der Waals surface area contributed by atoms with Crippen LogP contribution in [0.1, 0.15) is 41.4 Å². The molecule has 3 aromatic rings. The molecule has 1 atom stereocenters. The third-order valence-corrected chi connectivity index (χ3v) is 4.61. The molecule has 1 N–H and O–H groups in total. The number of amides is 1. The van der Waals surface area contributed by atoms with Gasteiger partial charge in [-0.15, -0.1) is 0 Å². The Labute approximate surface area is 176 Å². The van der Waals surface area contributed by atoms with Crippen molar-refractivity contribution in [1.82, 2.24) is 5.32 Å². The van der Waals surface area contributed by atoms with E-state index in [1.54, 1.807) is 31.2 Å². The molecule has 30 heavy (non-hydrogen) atoms. The second kappa shape index (κ2) is 10.3. The van der Waals surface area contributed by atoms with Crippen LogP contribution in [0.3, 0.4) is 0 Å². The third-order valence-electron chi connectivity index (χ3n) is 4.61. The van der Waals surface area contributed by atoms with Crippen molar-refractivity contribution in [3.05, 3.63) is 102 Å². The predicted molar refractivity (Wildman–Crippen MR) is 115 cm³/mol. The molecule has 1 amide bonds. The van der Waals surface area contributed by atoms with Crippen LogP contribution < -0.4 is 10.1 Å². The second-order valence-electron chi connectivity index (χ2n) is 6.74. The molecule has 0 bridgehead atoms. The van der Waals surface area contributed by atoms with Crippen molar-refractivity contribution < 1.29 is 19.1 Å². The summed E-state index contributed by atoms with van der Waals surface area (Å²) in [5, 5.41) is 3.00. The maximum Gasteiger partial charge on any atom is 0.342 e. The number of carbonyl (C=O) groups is 2. The maximum atomic E-state index is 12.9. The molecule has 5 heteroatoms. The minimum atomic E-state index is -0.970. The summed E-state index contributed by atoms with van der Waals surface area (Å²) in [6.45, 7) is 3.82. The van der Waals surface area contributed by atoms with Gasteiger partial charge in [-0.25, -0.2) is 4.79 Å². The standard InChI is InChI=1S/C25H25NO4/c1-3-29-22-17-11-10-16-21(22)25(28)30-18(2)24(27)26-23(19-12-6-4-7-13-19)20-14-8-5-9-15-20/h4-18,23H,3H2,1-2H3,(H,26,27)/t18-/m1/s1. The quantitative estimate of drug-likeness (QED) is 0.561. The van der Waals surface area contributed by atoms with E-state index in [0.717, 1.165) is 11.1 Å². The Balaban J connectivity index is 1.74. The monoisotopic (exact) mass is 403 g/mol. The summed E-state index contributed by atoms with van der Waals surface area (Å²) in [5.41, 5.74) is 2.18. The van der Waals surface area contributed by atoms with Crippen molar-refractivity contribution in [1.29, 1.82) is 0 Å². The fraction of sp³-hybridized carbons (Fsp3) is 0.200. The van der Waals surface area contributed by atoms with E-state index in [-0.39, 0.29) is 11.9 Å². The average molecular weight is 403 g/mol. The molecular formula is C25H25NO4. The average Bonchev–Trinajstić information content (AvgIpc) is 2.79. The molecule has 0 aromatic heterocycles. The summed E-state index contributed by atoms with van der Waals surface area (Å²) >= 11 is 0. The van der Waals surface area contributed by atoms with Crippen LogP contribution in [-0.4, -0.2) is 24.6 Å². The number of nitrogens with one attached hydrogen (secondary N) is 1. The first kappa shape index (κ1) is 21.1. The Bertz CT molecular complexity index is 933. The third kappa shape index (κ3) is 5.26. The van der Waals surface area contributed by atoms with Gasteiger partial charge in [0.25, 0.3) is 5.91 Å². The summed E-state index contributed by atoms with van der Waals surface area (Å²) < 4.78 is 10.9. The number of para-hydroxylation sites is 1. The van der Waals surface area contributed by atoms with Crippen LogP contribution in [0, 0.1) is 0 Å². The molecule has 0 saturated carbocycles. The van der Waals surface area contributed by atoms with Crippen LogP contribution >= 0.6 is 0 Å². The molecule has 154 valence electrons. The van der Waals surface area contributed by atoms with E-state index >= 15 is 0 Å².